The van der Waals surface area contributed by atoms with Gasteiger partial charge in [0.15, 0.2) is 11.8 Å². The number of ether oxygens (including phenoxy) is 1. The minimum Gasteiger partial charge on any atom is -0.381 e. The molecular formula is C19H35N7O. The highest BCUT2D eigenvalue weighted by atomic mass is 16.5. The van der Waals surface area contributed by atoms with Gasteiger partial charge in [-0.25, -0.2) is 9.67 Å². The van der Waals surface area contributed by atoms with Crippen LogP contribution in [0.4, 0.5) is 0 Å². The Morgan fingerprint density at radius 2 is 2.11 bits per heavy atom. The number of hydrogen-bond acceptors (Lipinski definition) is 5. The van der Waals surface area contributed by atoms with Crippen molar-refractivity contribution in [1.29, 1.82) is 0 Å². The van der Waals surface area contributed by atoms with E-state index in [2.05, 4.69) is 58.2 Å². The lowest BCUT2D eigenvalue weighted by Gasteiger charge is -2.41. The average molecular weight is 378 g/mol. The van der Waals surface area contributed by atoms with Crippen LogP contribution in [0.5, 0.6) is 0 Å². The van der Waals surface area contributed by atoms with E-state index in [4.69, 9.17) is 9.73 Å². The third-order valence-corrected chi connectivity index (χ3v) is 5.81. The van der Waals surface area contributed by atoms with Crippen molar-refractivity contribution in [3.63, 3.8) is 0 Å². The number of nitrogens with one attached hydrogen (secondary N) is 2. The van der Waals surface area contributed by atoms with E-state index in [9.17, 15) is 0 Å². The summed E-state index contributed by atoms with van der Waals surface area (Å²) in [5.41, 5.74) is 0.0856. The Bertz CT molecular complexity index is 634. The predicted octanol–water partition coefficient (Wildman–Crippen LogP) is 0.821. The van der Waals surface area contributed by atoms with Crippen molar-refractivity contribution in [2.75, 3.05) is 40.4 Å². The van der Waals surface area contributed by atoms with Crippen molar-refractivity contribution in [3.05, 3.63) is 11.6 Å². The zero-order valence-electron chi connectivity index (χ0n) is 17.3. The van der Waals surface area contributed by atoms with Crippen LogP contribution >= 0.6 is 0 Å². The summed E-state index contributed by atoms with van der Waals surface area (Å²) in [7, 11) is 4.31. The number of hydrogen-bond donors (Lipinski definition) is 2. The first kappa shape index (κ1) is 20.1. The lowest BCUT2D eigenvalue weighted by Crippen LogP contribution is -2.52. The Kier molecular flexibility index (Phi) is 6.70. The second kappa shape index (κ2) is 9.01. The van der Waals surface area contributed by atoms with Crippen molar-refractivity contribution in [2.45, 2.75) is 64.1 Å². The summed E-state index contributed by atoms with van der Waals surface area (Å²) in [6.07, 6.45) is 4.95. The third-order valence-electron chi connectivity index (χ3n) is 5.81. The summed E-state index contributed by atoms with van der Waals surface area (Å²) >= 11 is 0. The second-order valence-corrected chi connectivity index (χ2v) is 7.79. The Morgan fingerprint density at radius 1 is 1.33 bits per heavy atom. The molecule has 1 atom stereocenters. The van der Waals surface area contributed by atoms with Gasteiger partial charge in [-0.1, -0.05) is 6.92 Å². The topological polar surface area (TPSA) is 79.6 Å². The van der Waals surface area contributed by atoms with Crippen LogP contribution in [0.1, 0.15) is 44.8 Å². The van der Waals surface area contributed by atoms with Gasteiger partial charge in [-0.2, -0.15) is 5.10 Å². The van der Waals surface area contributed by atoms with E-state index in [1.807, 2.05) is 0 Å². The first-order chi connectivity index (χ1) is 13.1. The van der Waals surface area contributed by atoms with Gasteiger partial charge >= 0.3 is 0 Å². The van der Waals surface area contributed by atoms with E-state index in [1.165, 1.54) is 0 Å². The largest absolute Gasteiger partial charge is 0.381 e. The van der Waals surface area contributed by atoms with Gasteiger partial charge in [0.1, 0.15) is 5.82 Å². The summed E-state index contributed by atoms with van der Waals surface area (Å²) < 4.78 is 7.63. The van der Waals surface area contributed by atoms with Crippen LogP contribution in [0.15, 0.2) is 4.99 Å². The van der Waals surface area contributed by atoms with Gasteiger partial charge < -0.3 is 20.3 Å². The SMILES string of the molecule is CCNC(=NCC1(N(C)C)CCOCC1)NC1CCc2nc(CC)nn2C1. The normalized spacial score (nSPS) is 22.6. The molecular weight excluding hydrogens is 342 g/mol. The van der Waals surface area contributed by atoms with E-state index in [0.29, 0.717) is 6.04 Å². The van der Waals surface area contributed by atoms with Gasteiger partial charge in [0, 0.05) is 44.2 Å². The first-order valence-electron chi connectivity index (χ1n) is 10.3. The van der Waals surface area contributed by atoms with Crippen molar-refractivity contribution in [2.24, 2.45) is 4.99 Å². The highest BCUT2D eigenvalue weighted by molar-refractivity contribution is 5.80. The zero-order valence-corrected chi connectivity index (χ0v) is 17.3. The molecule has 152 valence electrons. The van der Waals surface area contributed by atoms with E-state index in [-0.39, 0.29) is 5.54 Å². The Labute approximate surface area is 162 Å². The second-order valence-electron chi connectivity index (χ2n) is 7.79. The average Bonchev–Trinajstić information content (AvgIpc) is 3.09. The van der Waals surface area contributed by atoms with Crippen LogP contribution < -0.4 is 10.6 Å². The smallest absolute Gasteiger partial charge is 0.191 e. The number of aromatic nitrogens is 3. The molecule has 0 amide bonds. The summed E-state index contributed by atoms with van der Waals surface area (Å²) in [5, 5.41) is 11.6. The quantitative estimate of drug-likeness (QED) is 0.564. The number of rotatable bonds is 6. The van der Waals surface area contributed by atoms with Gasteiger partial charge in [0.2, 0.25) is 0 Å². The van der Waals surface area contributed by atoms with Crippen LogP contribution in [0, 0.1) is 0 Å². The van der Waals surface area contributed by atoms with Crippen LogP contribution in [-0.4, -0.2) is 77.6 Å². The molecule has 1 fully saturated rings. The Hall–Kier alpha value is -1.67. The number of fused-ring (bicyclic) bond motifs is 1. The maximum atomic E-state index is 5.57. The van der Waals surface area contributed by atoms with Crippen LogP contribution in [-0.2, 0) is 24.1 Å². The molecule has 0 aliphatic carbocycles. The molecule has 1 saturated heterocycles. The van der Waals surface area contributed by atoms with Gasteiger partial charge in [-0.3, -0.25) is 4.99 Å². The van der Waals surface area contributed by atoms with Gasteiger partial charge in [0.25, 0.3) is 0 Å². The Balaban J connectivity index is 1.65. The number of nitrogens with zero attached hydrogens (tertiary/aromatic N) is 5. The minimum atomic E-state index is 0.0856. The van der Waals surface area contributed by atoms with Crippen LogP contribution in [0.3, 0.4) is 0 Å². The number of guanidine groups is 1. The maximum absolute atomic E-state index is 5.57. The van der Waals surface area contributed by atoms with Crippen molar-refractivity contribution < 1.29 is 4.74 Å². The zero-order chi connectivity index (χ0) is 19.3. The molecule has 8 heteroatoms. The van der Waals surface area contributed by atoms with Gasteiger partial charge in [-0.15, -0.1) is 0 Å². The molecule has 1 aromatic rings. The van der Waals surface area contributed by atoms with E-state index in [1.54, 1.807) is 0 Å². The molecule has 0 radical (unpaired) electrons. The molecule has 1 aromatic heterocycles. The third kappa shape index (κ3) is 4.79. The molecule has 2 N–H and O–H groups in total. The molecule has 0 aromatic carbocycles. The van der Waals surface area contributed by atoms with Crippen molar-refractivity contribution in [3.8, 4) is 0 Å². The van der Waals surface area contributed by atoms with E-state index < -0.39 is 0 Å². The number of likely N-dealkylation sites (N-methyl/N-ethyl adjacent to an activating group) is 1. The van der Waals surface area contributed by atoms with Crippen LogP contribution in [0.25, 0.3) is 0 Å². The molecule has 27 heavy (non-hydrogen) atoms. The van der Waals surface area contributed by atoms with Crippen molar-refractivity contribution >= 4 is 5.96 Å². The number of aryl methyl sites for hydroxylation is 2. The summed E-state index contributed by atoms with van der Waals surface area (Å²) in [4.78, 5) is 11.9. The molecule has 2 aliphatic rings. The summed E-state index contributed by atoms with van der Waals surface area (Å²) in [5.74, 6) is 2.95. The minimum absolute atomic E-state index is 0.0856. The van der Waals surface area contributed by atoms with E-state index in [0.717, 1.165) is 82.6 Å². The lowest BCUT2D eigenvalue weighted by atomic mass is 9.89. The summed E-state index contributed by atoms with van der Waals surface area (Å²) in [6.45, 7) is 8.32. The predicted molar refractivity (Wildman–Crippen MR) is 107 cm³/mol. The van der Waals surface area contributed by atoms with Gasteiger partial charge in [-0.05, 0) is 40.3 Å². The number of aliphatic imine (C=N–C) groups is 1. The van der Waals surface area contributed by atoms with E-state index >= 15 is 0 Å². The lowest BCUT2D eigenvalue weighted by molar-refractivity contribution is -0.00255. The molecule has 3 heterocycles. The molecule has 8 nitrogen and oxygen atoms in total. The fourth-order valence-corrected chi connectivity index (χ4v) is 3.87. The fourth-order valence-electron chi connectivity index (χ4n) is 3.87. The highest BCUT2D eigenvalue weighted by Crippen LogP contribution is 2.26. The summed E-state index contributed by atoms with van der Waals surface area (Å²) in [6, 6.07) is 0.326. The fraction of sp³-hybridized carbons (Fsp3) is 0.842. The molecule has 1 unspecified atom stereocenters. The molecule has 0 bridgehead atoms. The standard InChI is InChI=1S/C19H35N7O/c1-5-16-23-17-8-7-15(13-26(17)24-16)22-18(20-6-2)21-14-19(25(3)4)9-11-27-12-10-19/h15H,5-14H2,1-4H3,(H2,20,21,22). The first-order valence-corrected chi connectivity index (χ1v) is 10.3. The monoisotopic (exact) mass is 377 g/mol. The highest BCUT2D eigenvalue weighted by Gasteiger charge is 2.34. The molecule has 3 rings (SSSR count). The van der Waals surface area contributed by atoms with Gasteiger partial charge in [0.05, 0.1) is 13.1 Å². The van der Waals surface area contributed by atoms with Crippen molar-refractivity contribution in [1.82, 2.24) is 30.3 Å². The maximum Gasteiger partial charge on any atom is 0.191 e. The van der Waals surface area contributed by atoms with Crippen LogP contribution in [0.2, 0.25) is 0 Å². The molecule has 2 aliphatic heterocycles. The molecule has 0 spiro atoms. The Morgan fingerprint density at radius 3 is 2.78 bits per heavy atom. The molecule has 0 saturated carbocycles.